The molecule has 0 saturated carbocycles. The lowest BCUT2D eigenvalue weighted by molar-refractivity contribution is 0.00578. The molecule has 142 valence electrons. The van der Waals surface area contributed by atoms with Crippen LogP contribution in [0.3, 0.4) is 0 Å². The van der Waals surface area contributed by atoms with Crippen molar-refractivity contribution in [1.29, 1.82) is 0 Å². The van der Waals surface area contributed by atoms with E-state index in [-0.39, 0.29) is 18.3 Å². The molecule has 1 fully saturated rings. The van der Waals surface area contributed by atoms with Crippen molar-refractivity contribution in [3.8, 4) is 0 Å². The molecule has 0 atom stereocenters. The molecule has 0 spiro atoms. The van der Waals surface area contributed by atoms with Crippen molar-refractivity contribution in [2.75, 3.05) is 0 Å². The Labute approximate surface area is 164 Å². The van der Waals surface area contributed by atoms with Crippen molar-refractivity contribution in [2.45, 2.75) is 59.7 Å². The lowest BCUT2D eigenvalue weighted by Crippen LogP contribution is -2.41. The summed E-state index contributed by atoms with van der Waals surface area (Å²) in [4.78, 5) is 0. The van der Waals surface area contributed by atoms with Crippen molar-refractivity contribution in [1.82, 2.24) is 0 Å². The van der Waals surface area contributed by atoms with Crippen molar-refractivity contribution in [3.63, 3.8) is 0 Å². The Hall–Kier alpha value is -1.84. The van der Waals surface area contributed by atoms with E-state index in [4.69, 9.17) is 9.31 Å². The van der Waals surface area contributed by atoms with E-state index in [9.17, 15) is 0 Å². The van der Waals surface area contributed by atoms with Crippen molar-refractivity contribution < 1.29 is 9.31 Å². The van der Waals surface area contributed by atoms with Crippen LogP contribution < -0.4 is 5.46 Å². The van der Waals surface area contributed by atoms with Crippen LogP contribution in [0.5, 0.6) is 0 Å². The zero-order valence-electron chi connectivity index (χ0n) is 17.7. The highest BCUT2D eigenvalue weighted by Gasteiger charge is 2.51. The molecule has 2 aromatic carbocycles. The first-order chi connectivity index (χ1) is 12.6. The van der Waals surface area contributed by atoms with Gasteiger partial charge in [-0.2, -0.15) is 0 Å². The van der Waals surface area contributed by atoms with Gasteiger partial charge in [-0.1, -0.05) is 68.5 Å². The van der Waals surface area contributed by atoms with Crippen LogP contribution in [0.15, 0.2) is 54.6 Å². The molecular formula is C24H31BO2. The fraction of sp³-hybridized carbons (Fsp3) is 0.417. The monoisotopic (exact) mass is 362 g/mol. The van der Waals surface area contributed by atoms with Gasteiger partial charge in [-0.3, -0.25) is 0 Å². The van der Waals surface area contributed by atoms with Crippen LogP contribution in [0.2, 0.25) is 0 Å². The summed E-state index contributed by atoms with van der Waals surface area (Å²) < 4.78 is 12.5. The third kappa shape index (κ3) is 4.05. The van der Waals surface area contributed by atoms with Gasteiger partial charge < -0.3 is 9.31 Å². The van der Waals surface area contributed by atoms with Crippen LogP contribution in [-0.2, 0) is 9.31 Å². The number of allylic oxidation sites excluding steroid dienone is 1. The van der Waals surface area contributed by atoms with Gasteiger partial charge in [0.2, 0.25) is 0 Å². The Morgan fingerprint density at radius 2 is 1.56 bits per heavy atom. The maximum atomic E-state index is 6.25. The van der Waals surface area contributed by atoms with Gasteiger partial charge >= 0.3 is 7.12 Å². The molecule has 0 aliphatic carbocycles. The van der Waals surface area contributed by atoms with Crippen LogP contribution in [0.25, 0.3) is 5.57 Å². The van der Waals surface area contributed by atoms with E-state index < -0.39 is 0 Å². The average molecular weight is 362 g/mol. The molecule has 0 N–H and O–H groups in total. The van der Waals surface area contributed by atoms with E-state index in [2.05, 4.69) is 103 Å². The molecule has 3 heteroatoms. The van der Waals surface area contributed by atoms with E-state index in [0.717, 1.165) is 5.46 Å². The summed E-state index contributed by atoms with van der Waals surface area (Å²) in [6.45, 7) is 15.0. The van der Waals surface area contributed by atoms with E-state index in [1.54, 1.807) is 0 Å². The van der Waals surface area contributed by atoms with Crippen LogP contribution in [-0.4, -0.2) is 18.3 Å². The minimum absolute atomic E-state index is 0.333. The van der Waals surface area contributed by atoms with Crippen LogP contribution in [0.1, 0.15) is 58.2 Å². The third-order valence-electron chi connectivity index (χ3n) is 5.66. The molecule has 0 aromatic heterocycles. The smallest absolute Gasteiger partial charge is 0.399 e. The standard InChI is InChI=1S/C24H31BO2/c1-17(2)15-22(21-14-9-8-11-18(21)3)19-12-10-13-20(16-19)25-26-23(4,5)24(6,7)27-25/h8-17H,1-7H3/b22-15-. The Morgan fingerprint density at radius 3 is 2.15 bits per heavy atom. The van der Waals surface area contributed by atoms with Gasteiger partial charge in [-0.25, -0.2) is 0 Å². The van der Waals surface area contributed by atoms with E-state index in [1.807, 2.05) is 0 Å². The highest BCUT2D eigenvalue weighted by molar-refractivity contribution is 6.62. The Balaban J connectivity index is 2.02. The second-order valence-electron chi connectivity index (χ2n) is 8.85. The summed E-state index contributed by atoms with van der Waals surface area (Å²) in [6.07, 6.45) is 2.34. The highest BCUT2D eigenvalue weighted by Crippen LogP contribution is 2.36. The van der Waals surface area contributed by atoms with Crippen molar-refractivity contribution in [2.24, 2.45) is 5.92 Å². The predicted octanol–water partition coefficient (Wildman–Crippen LogP) is 5.38. The Morgan fingerprint density at radius 1 is 0.926 bits per heavy atom. The predicted molar refractivity (Wildman–Crippen MR) is 115 cm³/mol. The molecule has 1 saturated heterocycles. The first-order valence-electron chi connectivity index (χ1n) is 9.84. The second kappa shape index (κ2) is 7.29. The lowest BCUT2D eigenvalue weighted by Gasteiger charge is -2.32. The topological polar surface area (TPSA) is 18.5 Å². The number of hydrogen-bond acceptors (Lipinski definition) is 2. The summed E-state index contributed by atoms with van der Waals surface area (Å²) in [5, 5.41) is 0. The molecular weight excluding hydrogens is 331 g/mol. The fourth-order valence-corrected chi connectivity index (χ4v) is 3.38. The normalized spacial score (nSPS) is 19.0. The Bertz CT molecular complexity index is 833. The average Bonchev–Trinajstić information content (AvgIpc) is 2.81. The summed E-state index contributed by atoms with van der Waals surface area (Å²) >= 11 is 0. The molecule has 1 heterocycles. The molecule has 27 heavy (non-hydrogen) atoms. The number of rotatable bonds is 4. The zero-order chi connectivity index (χ0) is 19.8. The maximum absolute atomic E-state index is 6.25. The molecule has 1 aliphatic heterocycles. The molecule has 0 unspecified atom stereocenters. The second-order valence-corrected chi connectivity index (χ2v) is 8.85. The van der Waals surface area contributed by atoms with Crippen LogP contribution in [0.4, 0.5) is 0 Å². The quantitative estimate of drug-likeness (QED) is 0.680. The molecule has 2 nitrogen and oxygen atoms in total. The highest BCUT2D eigenvalue weighted by atomic mass is 16.7. The van der Waals surface area contributed by atoms with Crippen LogP contribution >= 0.6 is 0 Å². The van der Waals surface area contributed by atoms with Gasteiger partial charge in [0.05, 0.1) is 11.2 Å². The summed E-state index contributed by atoms with van der Waals surface area (Å²) in [5.41, 5.74) is 5.42. The van der Waals surface area contributed by atoms with E-state index in [1.165, 1.54) is 22.3 Å². The maximum Gasteiger partial charge on any atom is 0.494 e. The first kappa shape index (κ1) is 19.9. The summed E-state index contributed by atoms with van der Waals surface area (Å²) in [5.74, 6) is 0.458. The number of hydrogen-bond donors (Lipinski definition) is 0. The zero-order valence-corrected chi connectivity index (χ0v) is 17.7. The molecule has 0 amide bonds. The summed E-state index contributed by atoms with van der Waals surface area (Å²) in [6, 6.07) is 17.1. The first-order valence-corrected chi connectivity index (χ1v) is 9.84. The van der Waals surface area contributed by atoms with Crippen molar-refractivity contribution in [3.05, 3.63) is 71.3 Å². The van der Waals surface area contributed by atoms with Crippen molar-refractivity contribution >= 4 is 18.2 Å². The molecule has 0 radical (unpaired) electrons. The Kier molecular flexibility index (Phi) is 5.38. The fourth-order valence-electron chi connectivity index (χ4n) is 3.38. The van der Waals surface area contributed by atoms with E-state index >= 15 is 0 Å². The lowest BCUT2D eigenvalue weighted by atomic mass is 9.77. The summed E-state index contributed by atoms with van der Waals surface area (Å²) in [7, 11) is -0.341. The number of aryl methyl sites for hydroxylation is 1. The van der Waals surface area contributed by atoms with Crippen LogP contribution in [0, 0.1) is 12.8 Å². The van der Waals surface area contributed by atoms with Gasteiger partial charge in [-0.05, 0) is 68.3 Å². The molecule has 0 bridgehead atoms. The minimum atomic E-state index is -0.341. The minimum Gasteiger partial charge on any atom is -0.399 e. The van der Waals surface area contributed by atoms with Gasteiger partial charge in [0.1, 0.15) is 0 Å². The van der Waals surface area contributed by atoms with Gasteiger partial charge in [0.25, 0.3) is 0 Å². The largest absolute Gasteiger partial charge is 0.494 e. The van der Waals surface area contributed by atoms with Gasteiger partial charge in [0.15, 0.2) is 0 Å². The third-order valence-corrected chi connectivity index (χ3v) is 5.66. The molecule has 1 aliphatic rings. The van der Waals surface area contributed by atoms with E-state index in [0.29, 0.717) is 5.92 Å². The van der Waals surface area contributed by atoms with Gasteiger partial charge in [-0.15, -0.1) is 0 Å². The molecule has 2 aromatic rings. The number of benzene rings is 2. The molecule has 3 rings (SSSR count). The SMILES string of the molecule is Cc1ccccc1/C(=C\C(C)C)c1cccc(B2OC(C)(C)C(C)(C)O2)c1. The van der Waals surface area contributed by atoms with Gasteiger partial charge in [0, 0.05) is 0 Å².